The number of carbonyl (C=O) groups is 1. The van der Waals surface area contributed by atoms with Crippen molar-refractivity contribution in [1.29, 1.82) is 0 Å². The maximum absolute atomic E-state index is 12.5. The van der Waals surface area contributed by atoms with Crippen LogP contribution >= 0.6 is 0 Å². The van der Waals surface area contributed by atoms with Crippen molar-refractivity contribution < 1.29 is 14.2 Å². The van der Waals surface area contributed by atoms with E-state index in [2.05, 4.69) is 20.5 Å². The first-order chi connectivity index (χ1) is 12.1. The summed E-state index contributed by atoms with van der Waals surface area (Å²) in [5.41, 5.74) is 3.23. The van der Waals surface area contributed by atoms with Gasteiger partial charge in [-0.2, -0.15) is 0 Å². The quantitative estimate of drug-likeness (QED) is 0.922. The molecular weight excluding hydrogens is 320 g/mol. The molecule has 3 heterocycles. The van der Waals surface area contributed by atoms with Gasteiger partial charge in [0.15, 0.2) is 5.71 Å². The van der Waals surface area contributed by atoms with Gasteiger partial charge in [-0.1, -0.05) is 28.5 Å². The third-order valence-electron chi connectivity index (χ3n) is 4.81. The average Bonchev–Trinajstić information content (AvgIpc) is 3.26. The molecule has 2 atom stereocenters. The van der Waals surface area contributed by atoms with Crippen LogP contribution < -0.4 is 5.32 Å². The van der Waals surface area contributed by atoms with Gasteiger partial charge in [-0.25, -0.2) is 0 Å². The Morgan fingerprint density at radius 3 is 2.80 bits per heavy atom. The number of rotatable bonds is 4. The van der Waals surface area contributed by atoms with Crippen LogP contribution in [0.15, 0.2) is 40.0 Å². The van der Waals surface area contributed by atoms with Crippen molar-refractivity contribution in [1.82, 2.24) is 10.1 Å². The van der Waals surface area contributed by atoms with E-state index in [-0.39, 0.29) is 17.9 Å². The van der Waals surface area contributed by atoms with Gasteiger partial charge in [0.05, 0.1) is 11.6 Å². The van der Waals surface area contributed by atoms with Crippen LogP contribution in [-0.2, 0) is 16.2 Å². The number of oxime groups is 1. The predicted molar refractivity (Wildman–Crippen MR) is 92.1 cm³/mol. The zero-order valence-electron chi connectivity index (χ0n) is 14.2. The molecule has 0 spiro atoms. The second-order valence-corrected chi connectivity index (χ2v) is 6.54. The van der Waals surface area contributed by atoms with Crippen LogP contribution in [0.25, 0.3) is 0 Å². The highest BCUT2D eigenvalue weighted by atomic mass is 16.6. The van der Waals surface area contributed by atoms with Gasteiger partial charge in [0.1, 0.15) is 11.9 Å². The molecule has 2 aliphatic rings. The van der Waals surface area contributed by atoms with E-state index < -0.39 is 0 Å². The Bertz CT molecular complexity index is 795. The summed E-state index contributed by atoms with van der Waals surface area (Å²) in [4.78, 5) is 20.3. The minimum absolute atomic E-state index is 0.0100. The summed E-state index contributed by atoms with van der Waals surface area (Å²) in [6.45, 7) is 6.07. The van der Waals surface area contributed by atoms with E-state index >= 15 is 0 Å². The number of fused-ring (bicyclic) bond motifs is 1. The van der Waals surface area contributed by atoms with Gasteiger partial charge in [-0.3, -0.25) is 9.69 Å². The number of likely N-dealkylation sites (tertiary alicyclic amines) is 1. The fraction of sp³-hybridized carbons (Fsp3) is 0.389. The first-order valence-electron chi connectivity index (χ1n) is 8.36. The number of nitrogens with one attached hydrogen (secondary N) is 1. The Kier molecular flexibility index (Phi) is 4.01. The largest absolute Gasteiger partial charge is 0.390 e. The molecule has 130 valence electrons. The topological polar surface area (TPSA) is 80.0 Å². The zero-order chi connectivity index (χ0) is 17.4. The van der Waals surface area contributed by atoms with Gasteiger partial charge in [0.25, 0.3) is 5.91 Å². The highest BCUT2D eigenvalue weighted by Crippen LogP contribution is 2.29. The Hall–Kier alpha value is -2.67. The monoisotopic (exact) mass is 340 g/mol. The first kappa shape index (κ1) is 15.8. The minimum atomic E-state index is -0.196. The van der Waals surface area contributed by atoms with Gasteiger partial charge < -0.3 is 14.7 Å². The van der Waals surface area contributed by atoms with Gasteiger partial charge in [0.2, 0.25) is 0 Å². The van der Waals surface area contributed by atoms with Gasteiger partial charge in [-0.15, -0.1) is 0 Å². The summed E-state index contributed by atoms with van der Waals surface area (Å²) in [6, 6.07) is 9.37. The van der Waals surface area contributed by atoms with Crippen molar-refractivity contribution in [3.8, 4) is 0 Å². The molecule has 0 saturated carbocycles. The Balaban J connectivity index is 1.42. The Morgan fingerprint density at radius 2 is 2.08 bits per heavy atom. The maximum Gasteiger partial charge on any atom is 0.273 e. The molecule has 1 aromatic carbocycles. The standard InChI is InChI=1S/C18H20N4O3/c1-11-14(12(2)24-20-11)8-22-9-15-16(10-22)25-21-17(15)18(23)19-13-6-4-3-5-7-13/h3-7,15-16H,8-10H2,1-2H3,(H,19,23)/t15-,16+/m0/s1. The Labute approximate surface area is 145 Å². The highest BCUT2D eigenvalue weighted by molar-refractivity contribution is 6.44. The van der Waals surface area contributed by atoms with Crippen molar-refractivity contribution in [2.75, 3.05) is 18.4 Å². The number of amides is 1. The number of aromatic nitrogens is 1. The molecule has 4 rings (SSSR count). The fourth-order valence-electron chi connectivity index (χ4n) is 3.42. The molecule has 0 radical (unpaired) electrons. The molecule has 1 saturated heterocycles. The second-order valence-electron chi connectivity index (χ2n) is 6.54. The summed E-state index contributed by atoms with van der Waals surface area (Å²) in [6.07, 6.45) is -0.0722. The van der Waals surface area contributed by atoms with Crippen LogP contribution in [0.5, 0.6) is 0 Å². The number of hydrogen-bond acceptors (Lipinski definition) is 6. The van der Waals surface area contributed by atoms with Crippen LogP contribution in [-0.4, -0.2) is 40.9 Å². The summed E-state index contributed by atoms with van der Waals surface area (Å²) in [5, 5.41) is 10.9. The molecule has 7 nitrogen and oxygen atoms in total. The lowest BCUT2D eigenvalue weighted by Gasteiger charge is -2.15. The molecule has 7 heteroatoms. The van der Waals surface area contributed by atoms with E-state index in [1.807, 2.05) is 44.2 Å². The molecule has 2 aromatic rings. The number of benzene rings is 1. The average molecular weight is 340 g/mol. The van der Waals surface area contributed by atoms with E-state index in [4.69, 9.17) is 9.36 Å². The van der Waals surface area contributed by atoms with E-state index in [0.29, 0.717) is 5.71 Å². The minimum Gasteiger partial charge on any atom is -0.390 e. The van der Waals surface area contributed by atoms with E-state index in [0.717, 1.165) is 42.3 Å². The lowest BCUT2D eigenvalue weighted by molar-refractivity contribution is -0.110. The SMILES string of the molecule is Cc1noc(C)c1CN1C[C@@H]2C(C(=O)Nc3ccccc3)=NO[C@@H]2C1. The number of para-hydroxylation sites is 1. The third kappa shape index (κ3) is 3.02. The van der Waals surface area contributed by atoms with Crippen molar-refractivity contribution in [2.45, 2.75) is 26.5 Å². The molecule has 1 fully saturated rings. The third-order valence-corrected chi connectivity index (χ3v) is 4.81. The molecule has 1 aromatic heterocycles. The normalized spacial score (nSPS) is 22.4. The number of hydrogen-bond donors (Lipinski definition) is 1. The van der Waals surface area contributed by atoms with Gasteiger partial charge in [-0.05, 0) is 26.0 Å². The molecule has 0 aliphatic carbocycles. The smallest absolute Gasteiger partial charge is 0.273 e. The summed E-state index contributed by atoms with van der Waals surface area (Å²) < 4.78 is 5.23. The van der Waals surface area contributed by atoms with Crippen molar-refractivity contribution in [3.05, 3.63) is 47.3 Å². The van der Waals surface area contributed by atoms with Gasteiger partial charge in [0, 0.05) is 30.9 Å². The molecule has 25 heavy (non-hydrogen) atoms. The Morgan fingerprint density at radius 1 is 1.28 bits per heavy atom. The van der Waals surface area contributed by atoms with Crippen LogP contribution in [0.3, 0.4) is 0 Å². The van der Waals surface area contributed by atoms with Crippen LogP contribution in [0.4, 0.5) is 5.69 Å². The number of carbonyl (C=O) groups excluding carboxylic acids is 1. The predicted octanol–water partition coefficient (Wildman–Crippen LogP) is 2.12. The van der Waals surface area contributed by atoms with Gasteiger partial charge >= 0.3 is 0 Å². The van der Waals surface area contributed by atoms with E-state index in [1.165, 1.54) is 0 Å². The maximum atomic E-state index is 12.5. The summed E-state index contributed by atoms with van der Waals surface area (Å²) in [5.74, 6) is 0.633. The second kappa shape index (κ2) is 6.33. The molecular formula is C18H20N4O3. The fourth-order valence-corrected chi connectivity index (χ4v) is 3.42. The number of aryl methyl sites for hydroxylation is 2. The summed E-state index contributed by atoms with van der Waals surface area (Å²) in [7, 11) is 0. The molecule has 1 amide bonds. The lowest BCUT2D eigenvalue weighted by atomic mass is 10.0. The highest BCUT2D eigenvalue weighted by Gasteiger charge is 2.45. The lowest BCUT2D eigenvalue weighted by Crippen LogP contribution is -2.32. The van der Waals surface area contributed by atoms with Crippen molar-refractivity contribution in [3.63, 3.8) is 0 Å². The molecule has 0 bridgehead atoms. The van der Waals surface area contributed by atoms with Crippen LogP contribution in [0, 0.1) is 19.8 Å². The van der Waals surface area contributed by atoms with Crippen molar-refractivity contribution in [2.24, 2.45) is 11.1 Å². The van der Waals surface area contributed by atoms with E-state index in [1.54, 1.807) is 0 Å². The van der Waals surface area contributed by atoms with Crippen LogP contribution in [0.1, 0.15) is 17.0 Å². The van der Waals surface area contributed by atoms with Crippen LogP contribution in [0.2, 0.25) is 0 Å². The molecule has 0 unspecified atom stereocenters. The molecule has 1 N–H and O–H groups in total. The first-order valence-corrected chi connectivity index (χ1v) is 8.36. The van der Waals surface area contributed by atoms with E-state index in [9.17, 15) is 4.79 Å². The van der Waals surface area contributed by atoms with Crippen molar-refractivity contribution >= 4 is 17.3 Å². The molecule has 2 aliphatic heterocycles. The number of nitrogens with zero attached hydrogens (tertiary/aromatic N) is 3. The zero-order valence-corrected chi connectivity index (χ0v) is 14.2. The number of anilines is 1. The summed E-state index contributed by atoms with van der Waals surface area (Å²) >= 11 is 0.